The Balaban J connectivity index is 1.83. The fourth-order valence-electron chi connectivity index (χ4n) is 3.85. The summed E-state index contributed by atoms with van der Waals surface area (Å²) in [6, 6.07) is 6.15. The number of nitriles is 1. The lowest BCUT2D eigenvalue weighted by Gasteiger charge is -2.33. The predicted molar refractivity (Wildman–Crippen MR) is 111 cm³/mol. The molecule has 3 heterocycles. The van der Waals surface area contributed by atoms with E-state index in [0.717, 1.165) is 54.9 Å². The third-order valence-corrected chi connectivity index (χ3v) is 5.39. The summed E-state index contributed by atoms with van der Waals surface area (Å²) >= 11 is 0. The highest BCUT2D eigenvalue weighted by molar-refractivity contribution is 5.77. The number of amides is 1. The zero-order valence-corrected chi connectivity index (χ0v) is 17.0. The Morgan fingerprint density at radius 2 is 2.21 bits per heavy atom. The molecule has 29 heavy (non-hydrogen) atoms. The number of carbonyl (C=O) groups is 1. The van der Waals surface area contributed by atoms with Gasteiger partial charge in [0.25, 0.3) is 0 Å². The molecular weight excluding hydrogens is 366 g/mol. The number of hydrogen-bond acceptors (Lipinski definition) is 7. The number of aryl methyl sites for hydroxylation is 1. The van der Waals surface area contributed by atoms with E-state index in [2.05, 4.69) is 31.5 Å². The van der Waals surface area contributed by atoms with Crippen LogP contribution in [0.3, 0.4) is 0 Å². The summed E-state index contributed by atoms with van der Waals surface area (Å²) in [6.07, 6.45) is 4.94. The van der Waals surface area contributed by atoms with Gasteiger partial charge in [0.05, 0.1) is 11.6 Å². The second-order valence-corrected chi connectivity index (χ2v) is 7.19. The first-order valence-corrected chi connectivity index (χ1v) is 10.1. The molecule has 0 aliphatic carbocycles. The van der Waals surface area contributed by atoms with E-state index in [1.54, 1.807) is 6.20 Å². The van der Waals surface area contributed by atoms with Crippen LogP contribution < -0.4 is 16.0 Å². The van der Waals surface area contributed by atoms with Crippen LogP contribution in [0.25, 0.3) is 0 Å². The smallest absolute Gasteiger partial charge is 0.222 e. The Morgan fingerprint density at radius 3 is 2.90 bits per heavy atom. The van der Waals surface area contributed by atoms with E-state index in [9.17, 15) is 10.1 Å². The number of carbonyl (C=O) groups excluding carboxylic acids is 1. The van der Waals surface area contributed by atoms with Crippen molar-refractivity contribution < 1.29 is 4.79 Å². The molecule has 0 bridgehead atoms. The largest absolute Gasteiger partial charge is 0.369 e. The lowest BCUT2D eigenvalue weighted by molar-refractivity contribution is -0.122. The van der Waals surface area contributed by atoms with Gasteiger partial charge in [-0.15, -0.1) is 5.10 Å². The molecule has 1 atom stereocenters. The fourth-order valence-corrected chi connectivity index (χ4v) is 3.85. The third-order valence-electron chi connectivity index (χ3n) is 5.39. The van der Waals surface area contributed by atoms with Gasteiger partial charge in [0.2, 0.25) is 5.91 Å². The molecule has 2 aromatic heterocycles. The average molecular weight is 393 g/mol. The van der Waals surface area contributed by atoms with Crippen LogP contribution in [0, 0.1) is 17.2 Å². The Bertz CT molecular complexity index is 922. The van der Waals surface area contributed by atoms with Gasteiger partial charge in [0.1, 0.15) is 17.5 Å². The average Bonchev–Trinajstić information content (AvgIpc) is 2.77. The van der Waals surface area contributed by atoms with Gasteiger partial charge in [-0.1, -0.05) is 19.9 Å². The molecule has 8 heteroatoms. The quantitative estimate of drug-likeness (QED) is 0.739. The maximum Gasteiger partial charge on any atom is 0.222 e. The maximum absolute atomic E-state index is 11.6. The van der Waals surface area contributed by atoms with Crippen LogP contribution in [0.5, 0.6) is 0 Å². The van der Waals surface area contributed by atoms with Crippen molar-refractivity contribution in [2.75, 3.05) is 23.3 Å². The number of nitrogens with one attached hydrogen (secondary N) is 1. The highest BCUT2D eigenvalue weighted by Gasteiger charge is 2.26. The zero-order valence-electron chi connectivity index (χ0n) is 17.0. The Labute approximate surface area is 171 Å². The van der Waals surface area contributed by atoms with Crippen LogP contribution in [0.4, 0.5) is 11.6 Å². The van der Waals surface area contributed by atoms with E-state index in [1.165, 1.54) is 0 Å². The number of primary amides is 1. The van der Waals surface area contributed by atoms with Crippen LogP contribution in [0.15, 0.2) is 18.3 Å². The topological polar surface area (TPSA) is 121 Å². The number of rotatable bonds is 7. The summed E-state index contributed by atoms with van der Waals surface area (Å²) in [7, 11) is 0. The second kappa shape index (κ2) is 9.32. The molecule has 1 amide bonds. The Morgan fingerprint density at radius 1 is 1.38 bits per heavy atom. The minimum Gasteiger partial charge on any atom is -0.369 e. The van der Waals surface area contributed by atoms with Crippen molar-refractivity contribution in [3.05, 3.63) is 40.7 Å². The SMILES string of the molecule is CCc1nnc(NCc2cccnc2N2CCCC(C(N)=O)C2)c(C#N)c1CC. The predicted octanol–water partition coefficient (Wildman–Crippen LogP) is 2.18. The van der Waals surface area contributed by atoms with Crippen molar-refractivity contribution in [1.82, 2.24) is 15.2 Å². The molecule has 1 fully saturated rings. The molecule has 1 aliphatic rings. The first-order chi connectivity index (χ1) is 14.1. The van der Waals surface area contributed by atoms with Crippen molar-refractivity contribution in [1.29, 1.82) is 5.26 Å². The van der Waals surface area contributed by atoms with Crippen molar-refractivity contribution in [2.45, 2.75) is 46.1 Å². The van der Waals surface area contributed by atoms with Crippen molar-refractivity contribution >= 4 is 17.5 Å². The summed E-state index contributed by atoms with van der Waals surface area (Å²) in [5.41, 5.74) is 8.85. The van der Waals surface area contributed by atoms with Gasteiger partial charge in [-0.3, -0.25) is 4.79 Å². The molecule has 0 saturated carbocycles. The molecule has 8 nitrogen and oxygen atoms in total. The van der Waals surface area contributed by atoms with Gasteiger partial charge in [0, 0.05) is 31.4 Å². The number of aromatic nitrogens is 3. The van der Waals surface area contributed by atoms with E-state index in [4.69, 9.17) is 5.73 Å². The molecular formula is C21H27N7O. The van der Waals surface area contributed by atoms with E-state index >= 15 is 0 Å². The molecule has 2 aromatic rings. The second-order valence-electron chi connectivity index (χ2n) is 7.19. The summed E-state index contributed by atoms with van der Waals surface area (Å²) in [4.78, 5) is 18.3. The van der Waals surface area contributed by atoms with Gasteiger partial charge in [-0.2, -0.15) is 10.4 Å². The summed E-state index contributed by atoms with van der Waals surface area (Å²) in [5.74, 6) is 0.905. The normalized spacial score (nSPS) is 16.3. The van der Waals surface area contributed by atoms with E-state index < -0.39 is 0 Å². The van der Waals surface area contributed by atoms with Gasteiger partial charge >= 0.3 is 0 Å². The summed E-state index contributed by atoms with van der Waals surface area (Å²) in [6.45, 7) is 5.90. The van der Waals surface area contributed by atoms with E-state index in [-0.39, 0.29) is 11.8 Å². The van der Waals surface area contributed by atoms with E-state index in [1.807, 2.05) is 26.0 Å². The van der Waals surface area contributed by atoms with Gasteiger partial charge in [0.15, 0.2) is 5.82 Å². The number of nitrogens with two attached hydrogens (primary N) is 1. The summed E-state index contributed by atoms with van der Waals surface area (Å²) in [5, 5.41) is 21.5. The molecule has 1 aliphatic heterocycles. The van der Waals surface area contributed by atoms with Crippen LogP contribution in [0.1, 0.15) is 49.1 Å². The van der Waals surface area contributed by atoms with E-state index in [0.29, 0.717) is 24.5 Å². The van der Waals surface area contributed by atoms with Gasteiger partial charge in [-0.25, -0.2) is 4.98 Å². The summed E-state index contributed by atoms with van der Waals surface area (Å²) < 4.78 is 0. The van der Waals surface area contributed by atoms with Gasteiger partial charge < -0.3 is 16.0 Å². The Hall–Kier alpha value is -3.21. The minimum atomic E-state index is -0.262. The molecule has 3 rings (SSSR count). The molecule has 1 saturated heterocycles. The maximum atomic E-state index is 11.6. The van der Waals surface area contributed by atoms with Crippen LogP contribution in [-0.4, -0.2) is 34.2 Å². The fraction of sp³-hybridized carbons (Fsp3) is 0.476. The van der Waals surface area contributed by atoms with Crippen LogP contribution in [0.2, 0.25) is 0 Å². The molecule has 1 unspecified atom stereocenters. The number of nitrogens with zero attached hydrogens (tertiary/aromatic N) is 5. The molecule has 152 valence electrons. The van der Waals surface area contributed by atoms with Gasteiger partial charge in [-0.05, 0) is 37.3 Å². The van der Waals surface area contributed by atoms with Crippen molar-refractivity contribution in [2.24, 2.45) is 11.7 Å². The van der Waals surface area contributed by atoms with Crippen molar-refractivity contribution in [3.8, 4) is 6.07 Å². The minimum absolute atomic E-state index is 0.156. The molecule has 0 radical (unpaired) electrons. The molecule has 3 N–H and O–H groups in total. The number of pyridine rings is 1. The third kappa shape index (κ3) is 4.45. The molecule has 0 spiro atoms. The molecule has 0 aromatic carbocycles. The van der Waals surface area contributed by atoms with Crippen molar-refractivity contribution in [3.63, 3.8) is 0 Å². The number of anilines is 2. The Kier molecular flexibility index (Phi) is 6.60. The highest BCUT2D eigenvalue weighted by atomic mass is 16.1. The highest BCUT2D eigenvalue weighted by Crippen LogP contribution is 2.26. The lowest BCUT2D eigenvalue weighted by Crippen LogP contribution is -2.42. The van der Waals surface area contributed by atoms with Crippen LogP contribution in [-0.2, 0) is 24.2 Å². The van der Waals surface area contributed by atoms with Crippen LogP contribution >= 0.6 is 0 Å². The number of hydrogen-bond donors (Lipinski definition) is 2. The lowest BCUT2D eigenvalue weighted by atomic mass is 9.97. The number of piperidine rings is 1. The first-order valence-electron chi connectivity index (χ1n) is 10.1. The monoisotopic (exact) mass is 393 g/mol. The standard InChI is InChI=1S/C21H27N7O/c1-3-16-17(11-22)20(27-26-18(16)4-2)25-12-14-7-5-9-24-21(14)28-10-6-8-15(13-28)19(23)29/h5,7,9,15H,3-4,6,8,10,12-13H2,1-2H3,(H2,23,29)(H,25,27). The first kappa shape index (κ1) is 20.5. The zero-order chi connectivity index (χ0) is 20.8.